The molecule has 4 heterocycles. The highest BCUT2D eigenvalue weighted by Crippen LogP contribution is 2.50. The van der Waals surface area contributed by atoms with Crippen LogP contribution in [0.15, 0.2) is 0 Å². The first-order valence-electron chi connectivity index (χ1n) is 18.6. The van der Waals surface area contributed by atoms with E-state index in [1.165, 1.54) is 0 Å². The zero-order valence-corrected chi connectivity index (χ0v) is 33.8. The maximum absolute atomic E-state index is 13.8. The van der Waals surface area contributed by atoms with Crippen LogP contribution in [-0.2, 0) is 70.7 Å². The third kappa shape index (κ3) is 12.3. The minimum absolute atomic E-state index is 0.777. The summed E-state index contributed by atoms with van der Waals surface area (Å²) in [6.07, 6.45) is -34.6. The molecule has 4 rings (SSSR count). The normalized spacial score (nSPS) is 42.7. The molecular formula is C32H53N2O26P. The largest absolute Gasteiger partial charge is 0.475 e. The summed E-state index contributed by atoms with van der Waals surface area (Å²) in [5, 5.41) is 109. The molecule has 2 amide bonds. The number of ether oxygens (including phenoxy) is 8. The van der Waals surface area contributed by atoms with E-state index in [2.05, 4.69) is 10.6 Å². The molecule has 1 unspecified atom stereocenters. The van der Waals surface area contributed by atoms with Gasteiger partial charge in [0.15, 0.2) is 37.4 Å². The minimum atomic E-state index is -5.77. The van der Waals surface area contributed by atoms with Gasteiger partial charge in [0.25, 0.3) is 0 Å². The molecule has 0 saturated carbocycles. The van der Waals surface area contributed by atoms with Crippen LogP contribution in [0, 0.1) is 0 Å². The maximum atomic E-state index is 13.8. The van der Waals surface area contributed by atoms with Gasteiger partial charge in [0.2, 0.25) is 11.8 Å². The first kappa shape index (κ1) is 51.0. The monoisotopic (exact) mass is 912 g/mol. The molecule has 0 spiro atoms. The zero-order valence-electron chi connectivity index (χ0n) is 32.9. The van der Waals surface area contributed by atoms with E-state index in [0.29, 0.717) is 0 Å². The number of carbonyl (C=O) groups excluding carboxylic acids is 4. The van der Waals surface area contributed by atoms with Crippen molar-refractivity contribution < 1.29 is 127 Å². The fourth-order valence-electron chi connectivity index (χ4n) is 7.07. The van der Waals surface area contributed by atoms with Crippen molar-refractivity contribution in [1.29, 1.82) is 0 Å². The van der Waals surface area contributed by atoms with Gasteiger partial charge < -0.3 is 104 Å². The van der Waals surface area contributed by atoms with Gasteiger partial charge >= 0.3 is 19.8 Å². The van der Waals surface area contributed by atoms with Gasteiger partial charge in [0.1, 0.15) is 85.3 Å². The molecular weight excluding hydrogens is 859 g/mol. The standard InChI is InChI=1S/C32H53N2O26P/c1-9(39)33-17-25(51-11(3)41)19(43)14(6-36)54-30(17)58-28-21(45)15(7-37)55-32(23(28)47)60-61(49,50)59-24-16(8-38)56-31(18(34-10(2)40)26(24)52-12(4)42)57-27-20(44)13(5-35)53-29(48)22(27)46/h13-32,35-38,43-48H,5-8H2,1-4H3,(H,33,39)(H,34,40)(H,49,50)/t13-,14-,15-,16-,17-,18-,19-,20+,21+,22-,23-,24-,25-,26-,27+,28+,29+,30+,31+,32-/m1/s1. The van der Waals surface area contributed by atoms with E-state index in [0.717, 1.165) is 27.7 Å². The summed E-state index contributed by atoms with van der Waals surface area (Å²) in [4.78, 5) is 59.9. The van der Waals surface area contributed by atoms with Crippen molar-refractivity contribution in [3.8, 4) is 0 Å². The first-order valence-corrected chi connectivity index (χ1v) is 20.1. The lowest BCUT2D eigenvalue weighted by Crippen LogP contribution is -2.68. The van der Waals surface area contributed by atoms with E-state index in [9.17, 15) is 79.7 Å². The van der Waals surface area contributed by atoms with Crippen molar-refractivity contribution in [2.24, 2.45) is 0 Å². The Labute approximate surface area is 345 Å². The van der Waals surface area contributed by atoms with Crippen molar-refractivity contribution in [3.63, 3.8) is 0 Å². The van der Waals surface area contributed by atoms with Crippen molar-refractivity contribution in [2.75, 3.05) is 26.4 Å². The fourth-order valence-corrected chi connectivity index (χ4v) is 8.12. The predicted octanol–water partition coefficient (Wildman–Crippen LogP) is -8.20. The van der Waals surface area contributed by atoms with Crippen molar-refractivity contribution in [3.05, 3.63) is 0 Å². The quantitative estimate of drug-likeness (QED) is 0.0505. The van der Waals surface area contributed by atoms with Gasteiger partial charge in [-0.05, 0) is 0 Å². The number of phosphoric ester groups is 1. The van der Waals surface area contributed by atoms with E-state index >= 15 is 0 Å². The van der Waals surface area contributed by atoms with Crippen LogP contribution in [0.1, 0.15) is 27.7 Å². The SMILES string of the molecule is CC(=O)N[C@H]1[C@H](O[C@@H]2[C@@H](O)[C@@H](O)O[C@H](CO)[C@@H]2O)O[C@H](CO)[C@@H](OP(=O)(O)O[C@H]2O[C@H](CO)[C@H](O)[C@H](O[C@@H]3O[C@H](CO)[C@@H](O)[C@H](OC(C)=O)[C@H]3NC(C)=O)[C@H]2O)[C@@H]1OC(C)=O. The number of carbonyl (C=O) groups is 4. The molecule has 0 aromatic carbocycles. The number of aliphatic hydroxyl groups is 10. The molecule has 0 aromatic heterocycles. The van der Waals surface area contributed by atoms with Crippen molar-refractivity contribution in [1.82, 2.24) is 10.6 Å². The second kappa shape index (κ2) is 21.8. The molecule has 0 radical (unpaired) electrons. The van der Waals surface area contributed by atoms with E-state index in [1.807, 2.05) is 0 Å². The topological polar surface area (TPSA) is 424 Å². The summed E-state index contributed by atoms with van der Waals surface area (Å²) in [7, 11) is -5.77. The molecule has 61 heavy (non-hydrogen) atoms. The van der Waals surface area contributed by atoms with Crippen LogP contribution in [0.25, 0.3) is 0 Å². The Morgan fingerprint density at radius 1 is 0.508 bits per heavy atom. The molecule has 0 bridgehead atoms. The van der Waals surface area contributed by atoms with Crippen LogP contribution < -0.4 is 10.6 Å². The fraction of sp³-hybridized carbons (Fsp3) is 0.875. The summed E-state index contributed by atoms with van der Waals surface area (Å²) < 4.78 is 67.7. The summed E-state index contributed by atoms with van der Waals surface area (Å²) in [5.41, 5.74) is 0. The molecule has 13 N–H and O–H groups in total. The van der Waals surface area contributed by atoms with Crippen LogP contribution in [0.3, 0.4) is 0 Å². The minimum Gasteiger partial charge on any atom is -0.457 e. The Hall–Kier alpha value is -2.65. The second-order valence-corrected chi connectivity index (χ2v) is 15.7. The molecule has 28 nitrogen and oxygen atoms in total. The molecule has 0 aliphatic carbocycles. The number of rotatable bonds is 16. The van der Waals surface area contributed by atoms with E-state index < -0.39 is 181 Å². The van der Waals surface area contributed by atoms with E-state index in [-0.39, 0.29) is 0 Å². The first-order chi connectivity index (χ1) is 28.6. The predicted molar refractivity (Wildman–Crippen MR) is 187 cm³/mol. The third-order valence-electron chi connectivity index (χ3n) is 9.76. The van der Waals surface area contributed by atoms with E-state index in [4.69, 9.17) is 46.9 Å². The van der Waals surface area contributed by atoms with Gasteiger partial charge in [0.05, 0.1) is 26.4 Å². The van der Waals surface area contributed by atoms with Crippen LogP contribution in [0.2, 0.25) is 0 Å². The summed E-state index contributed by atoms with van der Waals surface area (Å²) in [5.74, 6) is -3.70. The van der Waals surface area contributed by atoms with Gasteiger partial charge in [0, 0.05) is 27.7 Å². The molecule has 29 heteroatoms. The molecule has 0 aromatic rings. The van der Waals surface area contributed by atoms with Crippen LogP contribution in [-0.4, -0.2) is 229 Å². The second-order valence-electron chi connectivity index (χ2n) is 14.3. The Morgan fingerprint density at radius 3 is 1.36 bits per heavy atom. The number of esters is 2. The lowest BCUT2D eigenvalue weighted by Gasteiger charge is -2.48. The summed E-state index contributed by atoms with van der Waals surface area (Å²) in [6.45, 7) is -0.124. The Bertz CT molecular complexity index is 1550. The molecule has 4 saturated heterocycles. The highest BCUT2D eigenvalue weighted by atomic mass is 31.2. The van der Waals surface area contributed by atoms with Crippen molar-refractivity contribution >= 4 is 31.6 Å². The van der Waals surface area contributed by atoms with Gasteiger partial charge in [-0.15, -0.1) is 0 Å². The van der Waals surface area contributed by atoms with Gasteiger partial charge in [-0.2, -0.15) is 0 Å². The highest BCUT2D eigenvalue weighted by Gasteiger charge is 2.57. The smallest absolute Gasteiger partial charge is 0.457 e. The number of nitrogens with one attached hydrogen (secondary N) is 2. The van der Waals surface area contributed by atoms with E-state index in [1.54, 1.807) is 0 Å². The number of amides is 2. The lowest BCUT2D eigenvalue weighted by atomic mass is 9.95. The lowest BCUT2D eigenvalue weighted by molar-refractivity contribution is -0.344. The highest BCUT2D eigenvalue weighted by molar-refractivity contribution is 7.47. The maximum Gasteiger partial charge on any atom is 0.475 e. The Kier molecular flexibility index (Phi) is 18.2. The van der Waals surface area contributed by atoms with Crippen LogP contribution in [0.5, 0.6) is 0 Å². The van der Waals surface area contributed by atoms with Crippen LogP contribution in [0.4, 0.5) is 0 Å². The Morgan fingerprint density at radius 2 is 0.902 bits per heavy atom. The van der Waals surface area contributed by atoms with Gasteiger partial charge in [-0.1, -0.05) is 0 Å². The van der Waals surface area contributed by atoms with Crippen LogP contribution >= 0.6 is 7.82 Å². The number of hydrogen-bond donors (Lipinski definition) is 13. The van der Waals surface area contributed by atoms with Gasteiger partial charge in [-0.25, -0.2) is 4.57 Å². The molecule has 4 aliphatic heterocycles. The average Bonchev–Trinajstić information content (AvgIpc) is 3.17. The number of phosphoric acid groups is 1. The zero-order chi connectivity index (χ0) is 45.7. The number of aliphatic hydroxyl groups excluding tert-OH is 10. The third-order valence-corrected chi connectivity index (χ3v) is 10.7. The van der Waals surface area contributed by atoms with Gasteiger partial charge in [-0.3, -0.25) is 28.2 Å². The summed E-state index contributed by atoms with van der Waals surface area (Å²) in [6, 6.07) is -3.38. The molecule has 352 valence electrons. The molecule has 4 fully saturated rings. The average molecular weight is 913 g/mol. The molecule has 21 atom stereocenters. The molecule has 4 aliphatic rings. The van der Waals surface area contributed by atoms with Crippen molar-refractivity contribution in [2.45, 2.75) is 150 Å². The number of hydrogen-bond acceptors (Lipinski definition) is 25. The Balaban J connectivity index is 1.63. The summed E-state index contributed by atoms with van der Waals surface area (Å²) >= 11 is 0.